The summed E-state index contributed by atoms with van der Waals surface area (Å²) in [5.41, 5.74) is 1.78. The second-order valence-electron chi connectivity index (χ2n) is 6.86. The highest BCUT2D eigenvalue weighted by Gasteiger charge is 2.28. The van der Waals surface area contributed by atoms with Gasteiger partial charge in [0.15, 0.2) is 5.76 Å². The van der Waals surface area contributed by atoms with E-state index in [1.165, 1.54) is 6.26 Å². The van der Waals surface area contributed by atoms with Gasteiger partial charge in [-0.1, -0.05) is 6.92 Å². The van der Waals surface area contributed by atoms with Crippen LogP contribution in [0.3, 0.4) is 0 Å². The fourth-order valence-corrected chi connectivity index (χ4v) is 3.22. The molecule has 2 aromatic rings. The van der Waals surface area contributed by atoms with Gasteiger partial charge in [0, 0.05) is 24.7 Å². The monoisotopic (exact) mass is 370 g/mol. The van der Waals surface area contributed by atoms with E-state index in [4.69, 9.17) is 9.15 Å². The molecule has 1 N–H and O–H groups in total. The number of furan rings is 1. The van der Waals surface area contributed by atoms with Crippen LogP contribution >= 0.6 is 0 Å². The molecule has 0 atom stereocenters. The number of anilines is 1. The molecule has 1 saturated heterocycles. The van der Waals surface area contributed by atoms with Gasteiger partial charge in [-0.15, -0.1) is 0 Å². The predicted octanol–water partition coefficient (Wildman–Crippen LogP) is 3.87. The van der Waals surface area contributed by atoms with Gasteiger partial charge in [-0.25, -0.2) is 0 Å². The Morgan fingerprint density at radius 2 is 2.04 bits per heavy atom. The first-order chi connectivity index (χ1) is 13.1. The molecule has 2 amide bonds. The molecule has 1 fully saturated rings. The average Bonchev–Trinajstić information content (AvgIpc) is 3.22. The van der Waals surface area contributed by atoms with Crippen molar-refractivity contribution in [2.75, 3.05) is 25.0 Å². The molecule has 1 aliphatic heterocycles. The van der Waals surface area contributed by atoms with E-state index < -0.39 is 0 Å². The van der Waals surface area contributed by atoms with Gasteiger partial charge in [0.25, 0.3) is 5.91 Å². The van der Waals surface area contributed by atoms with Crippen molar-refractivity contribution in [2.24, 2.45) is 5.92 Å². The van der Waals surface area contributed by atoms with Crippen molar-refractivity contribution in [3.05, 3.63) is 47.9 Å². The molecule has 6 heteroatoms. The van der Waals surface area contributed by atoms with Gasteiger partial charge in [-0.05, 0) is 62.1 Å². The minimum absolute atomic E-state index is 0.00502. The quantitative estimate of drug-likeness (QED) is 0.838. The number of hydrogen-bond donors (Lipinski definition) is 1. The lowest BCUT2D eigenvalue weighted by molar-refractivity contribution is -0.121. The van der Waals surface area contributed by atoms with Crippen LogP contribution in [0, 0.1) is 12.8 Å². The van der Waals surface area contributed by atoms with Gasteiger partial charge in [0.2, 0.25) is 5.91 Å². The first-order valence-corrected chi connectivity index (χ1v) is 9.45. The molecular weight excluding hydrogens is 344 g/mol. The first-order valence-electron chi connectivity index (χ1n) is 9.45. The van der Waals surface area contributed by atoms with Crippen molar-refractivity contribution >= 4 is 17.5 Å². The molecule has 0 aliphatic carbocycles. The Morgan fingerprint density at radius 1 is 1.26 bits per heavy atom. The highest BCUT2D eigenvalue weighted by Crippen LogP contribution is 2.25. The summed E-state index contributed by atoms with van der Waals surface area (Å²) < 4.78 is 10.8. The van der Waals surface area contributed by atoms with Crippen LogP contribution in [-0.4, -0.2) is 36.4 Å². The summed E-state index contributed by atoms with van der Waals surface area (Å²) in [7, 11) is 0. The molecular formula is C21H26N2O4. The van der Waals surface area contributed by atoms with Crippen molar-refractivity contribution in [3.8, 4) is 5.75 Å². The van der Waals surface area contributed by atoms with Crippen molar-refractivity contribution in [1.82, 2.24) is 4.90 Å². The number of ether oxygens (including phenoxy) is 1. The first kappa shape index (κ1) is 19.0. The Bertz CT molecular complexity index is 777. The van der Waals surface area contributed by atoms with Crippen LogP contribution in [0.1, 0.15) is 42.3 Å². The number of carbonyl (C=O) groups excluding carboxylic acids is 2. The van der Waals surface area contributed by atoms with Gasteiger partial charge in [0.1, 0.15) is 5.75 Å². The lowest BCUT2D eigenvalue weighted by Crippen LogP contribution is -2.41. The number of hydrogen-bond acceptors (Lipinski definition) is 4. The minimum Gasteiger partial charge on any atom is -0.494 e. The largest absolute Gasteiger partial charge is 0.494 e. The molecule has 27 heavy (non-hydrogen) atoms. The van der Waals surface area contributed by atoms with Gasteiger partial charge >= 0.3 is 0 Å². The van der Waals surface area contributed by atoms with E-state index in [-0.39, 0.29) is 17.7 Å². The zero-order valence-electron chi connectivity index (χ0n) is 15.9. The summed E-state index contributed by atoms with van der Waals surface area (Å²) in [6.45, 7) is 5.81. The van der Waals surface area contributed by atoms with Gasteiger partial charge < -0.3 is 19.4 Å². The number of carbonyl (C=O) groups is 2. The van der Waals surface area contributed by atoms with Crippen LogP contribution in [-0.2, 0) is 4.79 Å². The molecule has 1 aromatic heterocycles. The molecule has 0 unspecified atom stereocenters. The molecule has 0 saturated carbocycles. The topological polar surface area (TPSA) is 71.8 Å². The third kappa shape index (κ3) is 4.70. The average molecular weight is 370 g/mol. The molecule has 3 rings (SSSR count). The summed E-state index contributed by atoms with van der Waals surface area (Å²) in [5, 5.41) is 3.02. The third-order valence-electron chi connectivity index (χ3n) is 4.81. The molecule has 0 radical (unpaired) electrons. The zero-order chi connectivity index (χ0) is 19.2. The Hall–Kier alpha value is -2.76. The normalized spacial score (nSPS) is 14.8. The van der Waals surface area contributed by atoms with Crippen molar-refractivity contribution in [3.63, 3.8) is 0 Å². The molecule has 2 heterocycles. The second-order valence-corrected chi connectivity index (χ2v) is 6.86. The van der Waals surface area contributed by atoms with Crippen LogP contribution in [0.25, 0.3) is 0 Å². The SMILES string of the molecule is CCCOc1ccc(NC(=O)C2CCN(C(=O)c3ccco3)CC2)c(C)c1. The zero-order valence-corrected chi connectivity index (χ0v) is 15.9. The van der Waals surface area contributed by atoms with Crippen molar-refractivity contribution in [2.45, 2.75) is 33.1 Å². The van der Waals surface area contributed by atoms with Crippen LogP contribution in [0.4, 0.5) is 5.69 Å². The van der Waals surface area contributed by atoms with Crippen LogP contribution < -0.4 is 10.1 Å². The molecule has 0 bridgehead atoms. The predicted molar refractivity (Wildman–Crippen MR) is 103 cm³/mol. The molecule has 1 aliphatic rings. The maximum atomic E-state index is 12.6. The van der Waals surface area contributed by atoms with Crippen LogP contribution in [0.5, 0.6) is 5.75 Å². The number of nitrogens with zero attached hydrogens (tertiary/aromatic N) is 1. The summed E-state index contributed by atoms with van der Waals surface area (Å²) in [5.74, 6) is 0.958. The lowest BCUT2D eigenvalue weighted by atomic mass is 9.95. The van der Waals surface area contributed by atoms with Crippen molar-refractivity contribution in [1.29, 1.82) is 0 Å². The molecule has 1 aromatic carbocycles. The Morgan fingerprint density at radius 3 is 2.67 bits per heavy atom. The fourth-order valence-electron chi connectivity index (χ4n) is 3.22. The van der Waals surface area contributed by atoms with Gasteiger partial charge in [-0.3, -0.25) is 9.59 Å². The fraction of sp³-hybridized carbons (Fsp3) is 0.429. The third-order valence-corrected chi connectivity index (χ3v) is 4.81. The summed E-state index contributed by atoms with van der Waals surface area (Å²) in [4.78, 5) is 26.7. The number of nitrogens with one attached hydrogen (secondary N) is 1. The Balaban J connectivity index is 1.53. The van der Waals surface area contributed by atoms with E-state index in [1.54, 1.807) is 17.0 Å². The Labute approximate surface area is 159 Å². The van der Waals surface area contributed by atoms with Crippen molar-refractivity contribution < 1.29 is 18.7 Å². The number of likely N-dealkylation sites (tertiary alicyclic amines) is 1. The van der Waals surface area contributed by atoms with E-state index >= 15 is 0 Å². The maximum absolute atomic E-state index is 12.6. The molecule has 6 nitrogen and oxygen atoms in total. The number of amides is 2. The molecule has 144 valence electrons. The lowest BCUT2D eigenvalue weighted by Gasteiger charge is -2.30. The van der Waals surface area contributed by atoms with Gasteiger partial charge in [0.05, 0.1) is 12.9 Å². The highest BCUT2D eigenvalue weighted by atomic mass is 16.5. The number of piperidine rings is 1. The number of aryl methyl sites for hydroxylation is 1. The van der Waals surface area contributed by atoms with E-state index in [2.05, 4.69) is 12.2 Å². The van der Waals surface area contributed by atoms with E-state index in [0.29, 0.717) is 38.3 Å². The van der Waals surface area contributed by atoms with E-state index in [0.717, 1.165) is 23.4 Å². The van der Waals surface area contributed by atoms with Crippen LogP contribution in [0.2, 0.25) is 0 Å². The summed E-state index contributed by atoms with van der Waals surface area (Å²) in [6.07, 6.45) is 3.75. The van der Waals surface area contributed by atoms with Gasteiger partial charge in [-0.2, -0.15) is 0 Å². The summed E-state index contributed by atoms with van der Waals surface area (Å²) >= 11 is 0. The Kier molecular flexibility index (Phi) is 6.16. The van der Waals surface area contributed by atoms with E-state index in [9.17, 15) is 9.59 Å². The molecule has 0 spiro atoms. The minimum atomic E-state index is -0.114. The maximum Gasteiger partial charge on any atom is 0.289 e. The number of rotatable bonds is 6. The highest BCUT2D eigenvalue weighted by molar-refractivity contribution is 5.94. The van der Waals surface area contributed by atoms with E-state index in [1.807, 2.05) is 25.1 Å². The smallest absolute Gasteiger partial charge is 0.289 e. The standard InChI is InChI=1S/C21H26N2O4/c1-3-12-26-17-6-7-18(15(2)14-17)22-20(24)16-8-10-23(11-9-16)21(25)19-5-4-13-27-19/h4-7,13-14,16H,3,8-12H2,1-2H3,(H,22,24). The second kappa shape index (κ2) is 8.75. The summed E-state index contributed by atoms with van der Waals surface area (Å²) in [6, 6.07) is 9.07. The van der Waals surface area contributed by atoms with Crippen LogP contribution in [0.15, 0.2) is 41.0 Å². The number of benzene rings is 1.